The highest BCUT2D eigenvalue weighted by atomic mass is 16.5. The number of phenolic OH excluding ortho intramolecular Hbond substituents is 3. The first kappa shape index (κ1) is 19.6. The van der Waals surface area contributed by atoms with Crippen molar-refractivity contribution in [2.75, 3.05) is 7.11 Å². The maximum atomic E-state index is 12.0. The lowest BCUT2D eigenvalue weighted by atomic mass is 10.00. The molecule has 0 aromatic heterocycles. The molecule has 2 rings (SSSR count). The summed E-state index contributed by atoms with van der Waals surface area (Å²) in [5, 5.41) is 38.3. The van der Waals surface area contributed by atoms with E-state index in [1.54, 1.807) is 24.3 Å². The van der Waals surface area contributed by atoms with E-state index in [2.05, 4.69) is 0 Å². The highest BCUT2D eigenvalue weighted by Gasteiger charge is 2.12. The molecule has 0 bridgehead atoms. The Morgan fingerprint density at radius 3 is 2.27 bits per heavy atom. The third-order valence-corrected chi connectivity index (χ3v) is 4.21. The van der Waals surface area contributed by atoms with Crippen molar-refractivity contribution in [3.63, 3.8) is 0 Å². The van der Waals surface area contributed by atoms with Crippen LogP contribution in [-0.4, -0.2) is 39.4 Å². The van der Waals surface area contributed by atoms with Crippen LogP contribution in [0, 0.1) is 0 Å². The molecule has 4 N–H and O–H groups in total. The fourth-order valence-corrected chi connectivity index (χ4v) is 2.69. The van der Waals surface area contributed by atoms with Gasteiger partial charge in [0.25, 0.3) is 0 Å². The van der Waals surface area contributed by atoms with Gasteiger partial charge in [0.15, 0.2) is 23.0 Å². The van der Waals surface area contributed by atoms with Crippen molar-refractivity contribution in [2.45, 2.75) is 38.2 Å². The second kappa shape index (κ2) is 9.10. The van der Waals surface area contributed by atoms with Crippen LogP contribution in [0.15, 0.2) is 36.4 Å². The van der Waals surface area contributed by atoms with Crippen LogP contribution in [0.25, 0.3) is 0 Å². The van der Waals surface area contributed by atoms with Gasteiger partial charge >= 0.3 is 0 Å². The number of methoxy groups -OCH3 is 1. The number of rotatable bonds is 9. The maximum absolute atomic E-state index is 12.0. The molecule has 6 nitrogen and oxygen atoms in total. The number of aliphatic hydroxyl groups excluding tert-OH is 1. The smallest absolute Gasteiger partial charge is 0.160 e. The quantitative estimate of drug-likeness (QED) is 0.512. The van der Waals surface area contributed by atoms with Crippen molar-refractivity contribution in [2.24, 2.45) is 0 Å². The molecule has 1 atom stereocenters. The summed E-state index contributed by atoms with van der Waals surface area (Å²) in [4.78, 5) is 12.0. The Balaban J connectivity index is 1.77. The SMILES string of the molecule is COc1cc(CC[C@@H](O)CC(=O)CCc2ccc(O)c(O)c2)ccc1O. The molecule has 0 amide bonds. The molecule has 2 aromatic rings. The lowest BCUT2D eigenvalue weighted by Gasteiger charge is -2.11. The van der Waals surface area contributed by atoms with Crippen molar-refractivity contribution in [3.8, 4) is 23.0 Å². The summed E-state index contributed by atoms with van der Waals surface area (Å²) in [5.41, 5.74) is 1.66. The Morgan fingerprint density at radius 2 is 1.62 bits per heavy atom. The van der Waals surface area contributed by atoms with Gasteiger partial charge in [0.05, 0.1) is 13.2 Å². The Bertz CT molecular complexity index is 756. The number of Topliss-reactive ketones (excluding diaryl/α,β-unsaturated/α-hetero) is 1. The molecule has 0 saturated carbocycles. The van der Waals surface area contributed by atoms with Gasteiger partial charge in [-0.25, -0.2) is 0 Å². The normalized spacial score (nSPS) is 11.9. The molecule has 0 aliphatic carbocycles. The van der Waals surface area contributed by atoms with Crippen LogP contribution in [0.2, 0.25) is 0 Å². The standard InChI is InChI=1S/C20H24O6/c1-26-20-11-14(5-9-18(20)24)3-7-16(22)12-15(21)6-2-13-4-8-17(23)19(25)10-13/h4-5,8-11,16,22-25H,2-3,6-7,12H2,1H3/t16-/m1/s1. The van der Waals surface area contributed by atoms with Gasteiger partial charge in [-0.1, -0.05) is 12.1 Å². The number of hydrogen-bond donors (Lipinski definition) is 4. The second-order valence-corrected chi connectivity index (χ2v) is 6.26. The summed E-state index contributed by atoms with van der Waals surface area (Å²) in [5.74, 6) is -0.0218. The van der Waals surface area contributed by atoms with Crippen LogP contribution in [0.3, 0.4) is 0 Å². The van der Waals surface area contributed by atoms with Crippen LogP contribution in [0.1, 0.15) is 30.4 Å². The van der Waals surface area contributed by atoms with Gasteiger partial charge in [0.2, 0.25) is 0 Å². The van der Waals surface area contributed by atoms with E-state index >= 15 is 0 Å². The fraction of sp³-hybridized carbons (Fsp3) is 0.350. The molecule has 0 aliphatic rings. The molecule has 0 spiro atoms. The molecule has 140 valence electrons. The molecular formula is C20H24O6. The van der Waals surface area contributed by atoms with Gasteiger partial charge in [-0.15, -0.1) is 0 Å². The summed E-state index contributed by atoms with van der Waals surface area (Å²) < 4.78 is 5.05. The minimum Gasteiger partial charge on any atom is -0.504 e. The number of carbonyl (C=O) groups excluding carboxylic acids is 1. The third-order valence-electron chi connectivity index (χ3n) is 4.21. The number of aliphatic hydroxyl groups is 1. The molecule has 0 aliphatic heterocycles. The van der Waals surface area contributed by atoms with Crippen molar-refractivity contribution in [3.05, 3.63) is 47.5 Å². The summed E-state index contributed by atoms with van der Waals surface area (Å²) in [6.45, 7) is 0. The topological polar surface area (TPSA) is 107 Å². The highest BCUT2D eigenvalue weighted by molar-refractivity contribution is 5.79. The van der Waals surface area contributed by atoms with E-state index in [0.717, 1.165) is 11.1 Å². The minimum absolute atomic E-state index is 0.0617. The van der Waals surface area contributed by atoms with Crippen LogP contribution >= 0.6 is 0 Å². The third kappa shape index (κ3) is 5.67. The van der Waals surface area contributed by atoms with Gasteiger partial charge in [-0.3, -0.25) is 4.79 Å². The van der Waals surface area contributed by atoms with E-state index < -0.39 is 6.10 Å². The zero-order chi connectivity index (χ0) is 19.1. The first-order valence-corrected chi connectivity index (χ1v) is 8.45. The molecule has 2 aromatic carbocycles. The lowest BCUT2D eigenvalue weighted by Crippen LogP contribution is -2.15. The monoisotopic (exact) mass is 360 g/mol. The van der Waals surface area contributed by atoms with Crippen LogP contribution in [-0.2, 0) is 17.6 Å². The number of benzene rings is 2. The molecule has 0 unspecified atom stereocenters. The summed E-state index contributed by atoms with van der Waals surface area (Å²) in [6.07, 6.45) is 1.02. The predicted octanol–water partition coefficient (Wildman–Crippen LogP) is 2.70. The van der Waals surface area contributed by atoms with E-state index in [0.29, 0.717) is 25.0 Å². The number of carbonyl (C=O) groups is 1. The first-order valence-electron chi connectivity index (χ1n) is 8.45. The highest BCUT2D eigenvalue weighted by Crippen LogP contribution is 2.27. The molecule has 0 heterocycles. The van der Waals surface area contributed by atoms with Gasteiger partial charge in [0, 0.05) is 12.8 Å². The molecular weight excluding hydrogens is 336 g/mol. The number of ketones is 1. The molecule has 0 radical (unpaired) electrons. The first-order chi connectivity index (χ1) is 12.4. The summed E-state index contributed by atoms with van der Waals surface area (Å²) >= 11 is 0. The Labute approximate surface area is 152 Å². The number of phenols is 3. The van der Waals surface area contributed by atoms with Crippen molar-refractivity contribution < 1.29 is 30.0 Å². The zero-order valence-corrected chi connectivity index (χ0v) is 14.7. The largest absolute Gasteiger partial charge is 0.504 e. The van der Waals surface area contributed by atoms with E-state index in [-0.39, 0.29) is 35.9 Å². The van der Waals surface area contributed by atoms with Crippen molar-refractivity contribution >= 4 is 5.78 Å². The van der Waals surface area contributed by atoms with Crippen LogP contribution < -0.4 is 4.74 Å². The average molecular weight is 360 g/mol. The minimum atomic E-state index is -0.740. The maximum Gasteiger partial charge on any atom is 0.160 e. The van der Waals surface area contributed by atoms with E-state index in [4.69, 9.17) is 4.74 Å². The fourth-order valence-electron chi connectivity index (χ4n) is 2.69. The number of aryl methyl sites for hydroxylation is 2. The number of aromatic hydroxyl groups is 3. The van der Waals surface area contributed by atoms with Crippen molar-refractivity contribution in [1.82, 2.24) is 0 Å². The zero-order valence-electron chi connectivity index (χ0n) is 14.7. The molecule has 0 fully saturated rings. The molecule has 6 heteroatoms. The van der Waals surface area contributed by atoms with Gasteiger partial charge in [-0.2, -0.15) is 0 Å². The second-order valence-electron chi connectivity index (χ2n) is 6.26. The number of hydrogen-bond acceptors (Lipinski definition) is 6. The Morgan fingerprint density at radius 1 is 0.962 bits per heavy atom. The Kier molecular flexibility index (Phi) is 6.86. The van der Waals surface area contributed by atoms with E-state index in [1.807, 2.05) is 0 Å². The molecule has 26 heavy (non-hydrogen) atoms. The van der Waals surface area contributed by atoms with Crippen molar-refractivity contribution in [1.29, 1.82) is 0 Å². The lowest BCUT2D eigenvalue weighted by molar-refractivity contribution is -0.121. The molecule has 0 saturated heterocycles. The average Bonchev–Trinajstić information content (AvgIpc) is 2.62. The summed E-state index contributed by atoms with van der Waals surface area (Å²) in [7, 11) is 1.47. The van der Waals surface area contributed by atoms with Gasteiger partial charge < -0.3 is 25.2 Å². The predicted molar refractivity (Wildman–Crippen MR) is 96.7 cm³/mol. The van der Waals surface area contributed by atoms with E-state index in [9.17, 15) is 25.2 Å². The van der Waals surface area contributed by atoms with Crippen LogP contribution in [0.5, 0.6) is 23.0 Å². The summed E-state index contributed by atoms with van der Waals surface area (Å²) in [6, 6.07) is 9.47. The van der Waals surface area contributed by atoms with E-state index in [1.165, 1.54) is 19.2 Å². The van der Waals surface area contributed by atoms with Gasteiger partial charge in [-0.05, 0) is 54.7 Å². The Hall–Kier alpha value is -2.73. The number of ether oxygens (including phenoxy) is 1. The van der Waals surface area contributed by atoms with Gasteiger partial charge in [0.1, 0.15) is 5.78 Å². The van der Waals surface area contributed by atoms with Crippen LogP contribution in [0.4, 0.5) is 0 Å².